The number of carbonyl (C=O) groups is 2. The van der Waals surface area contributed by atoms with Crippen LogP contribution in [0.5, 0.6) is 0 Å². The van der Waals surface area contributed by atoms with Crippen molar-refractivity contribution in [3.05, 3.63) is 24.2 Å². The Morgan fingerprint density at radius 1 is 1.21 bits per heavy atom. The lowest BCUT2D eigenvalue weighted by atomic mass is 10.2. The van der Waals surface area contributed by atoms with Crippen molar-refractivity contribution in [1.82, 2.24) is 14.1 Å². The molecular weight excluding hydrogens is 334 g/mol. The molecule has 2 heterocycles. The van der Waals surface area contributed by atoms with Crippen LogP contribution in [0.25, 0.3) is 0 Å². The summed E-state index contributed by atoms with van der Waals surface area (Å²) in [6.45, 7) is 4.82. The van der Waals surface area contributed by atoms with Crippen LogP contribution in [0, 0.1) is 0 Å². The van der Waals surface area contributed by atoms with Gasteiger partial charge >= 0.3 is 0 Å². The number of hydrogen-bond donors (Lipinski definition) is 0. The molecular formula is C15H23N3O5S. The molecule has 1 aromatic heterocycles. The predicted octanol–water partition coefficient (Wildman–Crippen LogP) is 0.234. The van der Waals surface area contributed by atoms with Crippen LogP contribution in [-0.2, 0) is 14.8 Å². The van der Waals surface area contributed by atoms with E-state index < -0.39 is 10.0 Å². The van der Waals surface area contributed by atoms with E-state index in [4.69, 9.17) is 4.42 Å². The van der Waals surface area contributed by atoms with E-state index in [0.29, 0.717) is 26.2 Å². The molecule has 1 fully saturated rings. The van der Waals surface area contributed by atoms with Crippen molar-refractivity contribution in [3.63, 3.8) is 0 Å². The summed E-state index contributed by atoms with van der Waals surface area (Å²) in [5, 5.41) is 0. The second kappa shape index (κ2) is 7.35. The summed E-state index contributed by atoms with van der Waals surface area (Å²) >= 11 is 0. The molecule has 0 N–H and O–H groups in total. The highest BCUT2D eigenvalue weighted by Gasteiger charge is 2.29. The first-order chi connectivity index (χ1) is 11.2. The van der Waals surface area contributed by atoms with Gasteiger partial charge in [0.2, 0.25) is 15.9 Å². The van der Waals surface area contributed by atoms with Crippen LogP contribution in [0.4, 0.5) is 0 Å². The monoisotopic (exact) mass is 357 g/mol. The number of rotatable bonds is 5. The maximum atomic E-state index is 12.4. The predicted molar refractivity (Wildman–Crippen MR) is 87.9 cm³/mol. The fraction of sp³-hybridized carbons (Fsp3) is 0.600. The van der Waals surface area contributed by atoms with Crippen LogP contribution in [-0.4, -0.2) is 79.4 Å². The van der Waals surface area contributed by atoms with Gasteiger partial charge in [-0.05, 0) is 26.0 Å². The van der Waals surface area contributed by atoms with Crippen LogP contribution >= 0.6 is 0 Å². The number of furan rings is 1. The smallest absolute Gasteiger partial charge is 0.289 e. The molecule has 2 rings (SSSR count). The molecule has 0 aromatic carbocycles. The quantitative estimate of drug-likeness (QED) is 0.752. The zero-order valence-corrected chi connectivity index (χ0v) is 15.0. The van der Waals surface area contributed by atoms with E-state index in [-0.39, 0.29) is 30.2 Å². The molecule has 0 aliphatic carbocycles. The molecule has 0 spiro atoms. The standard InChI is InChI=1S/C15H23N3O5S/c1-12(2)18(24(3,21)22)11-14(19)16-6-8-17(9-7-16)15(20)13-5-4-10-23-13/h4-5,10,12H,6-9,11H2,1-3H3. The summed E-state index contributed by atoms with van der Waals surface area (Å²) in [4.78, 5) is 27.8. The van der Waals surface area contributed by atoms with Crippen molar-refractivity contribution in [2.75, 3.05) is 39.0 Å². The molecule has 1 aliphatic rings. The van der Waals surface area contributed by atoms with E-state index in [1.165, 1.54) is 10.6 Å². The topological polar surface area (TPSA) is 91.1 Å². The minimum absolute atomic E-state index is 0.178. The lowest BCUT2D eigenvalue weighted by Crippen LogP contribution is -2.53. The fourth-order valence-corrected chi connectivity index (χ4v) is 3.74. The summed E-state index contributed by atoms with van der Waals surface area (Å²) in [5.74, 6) is -0.177. The molecule has 1 saturated heterocycles. The second-order valence-corrected chi connectivity index (χ2v) is 7.99. The van der Waals surface area contributed by atoms with E-state index in [9.17, 15) is 18.0 Å². The average Bonchev–Trinajstić information content (AvgIpc) is 3.04. The van der Waals surface area contributed by atoms with E-state index >= 15 is 0 Å². The Labute approximate surface area is 142 Å². The largest absolute Gasteiger partial charge is 0.459 e. The third kappa shape index (κ3) is 4.35. The molecule has 1 aliphatic heterocycles. The molecule has 8 nitrogen and oxygen atoms in total. The van der Waals surface area contributed by atoms with Crippen LogP contribution in [0.15, 0.2) is 22.8 Å². The van der Waals surface area contributed by atoms with Gasteiger partial charge in [-0.2, -0.15) is 4.31 Å². The molecule has 0 radical (unpaired) electrons. The Morgan fingerprint density at radius 2 is 1.79 bits per heavy atom. The molecule has 0 atom stereocenters. The first-order valence-corrected chi connectivity index (χ1v) is 9.62. The zero-order chi connectivity index (χ0) is 17.9. The fourth-order valence-electron chi connectivity index (χ4n) is 2.63. The number of piperazine rings is 1. The van der Waals surface area contributed by atoms with Gasteiger partial charge in [-0.3, -0.25) is 9.59 Å². The zero-order valence-electron chi connectivity index (χ0n) is 14.1. The summed E-state index contributed by atoms with van der Waals surface area (Å²) in [6, 6.07) is 2.97. The van der Waals surface area contributed by atoms with E-state index in [0.717, 1.165) is 6.26 Å². The van der Waals surface area contributed by atoms with Gasteiger partial charge in [0.1, 0.15) is 0 Å². The Morgan fingerprint density at radius 3 is 2.25 bits per heavy atom. The SMILES string of the molecule is CC(C)N(CC(=O)N1CCN(C(=O)c2ccco2)CC1)S(C)(=O)=O. The van der Waals surface area contributed by atoms with Crippen LogP contribution < -0.4 is 0 Å². The third-order valence-corrected chi connectivity index (χ3v) is 5.35. The Hall–Kier alpha value is -1.87. The van der Waals surface area contributed by atoms with Gasteiger partial charge in [0, 0.05) is 32.2 Å². The maximum Gasteiger partial charge on any atom is 0.289 e. The van der Waals surface area contributed by atoms with E-state index in [1.807, 2.05) is 0 Å². The van der Waals surface area contributed by atoms with E-state index in [2.05, 4.69) is 0 Å². The van der Waals surface area contributed by atoms with Gasteiger partial charge in [0.25, 0.3) is 5.91 Å². The molecule has 9 heteroatoms. The van der Waals surface area contributed by atoms with Crippen molar-refractivity contribution in [1.29, 1.82) is 0 Å². The van der Waals surface area contributed by atoms with Crippen molar-refractivity contribution in [2.24, 2.45) is 0 Å². The van der Waals surface area contributed by atoms with Crippen LogP contribution in [0.2, 0.25) is 0 Å². The number of amides is 2. The van der Waals surface area contributed by atoms with Crippen molar-refractivity contribution in [2.45, 2.75) is 19.9 Å². The Bertz CT molecular complexity index is 676. The summed E-state index contributed by atoms with van der Waals surface area (Å²) in [5.41, 5.74) is 0. The molecule has 1 aromatic rings. The third-order valence-electron chi connectivity index (χ3n) is 3.94. The van der Waals surface area contributed by atoms with Crippen LogP contribution in [0.3, 0.4) is 0 Å². The maximum absolute atomic E-state index is 12.4. The van der Waals surface area contributed by atoms with Crippen molar-refractivity contribution in [3.8, 4) is 0 Å². The highest BCUT2D eigenvalue weighted by atomic mass is 32.2. The van der Waals surface area contributed by atoms with Gasteiger partial charge in [-0.25, -0.2) is 8.42 Å². The molecule has 0 bridgehead atoms. The lowest BCUT2D eigenvalue weighted by Gasteiger charge is -2.35. The number of carbonyl (C=O) groups excluding carboxylic acids is 2. The van der Waals surface area contributed by atoms with Crippen molar-refractivity contribution >= 4 is 21.8 Å². The first kappa shape index (κ1) is 18.5. The van der Waals surface area contributed by atoms with E-state index in [1.54, 1.807) is 35.8 Å². The normalized spacial score (nSPS) is 16.0. The number of nitrogens with zero attached hydrogens (tertiary/aromatic N) is 3. The second-order valence-electron chi connectivity index (χ2n) is 6.05. The Kier molecular flexibility index (Phi) is 5.66. The molecule has 0 unspecified atom stereocenters. The summed E-state index contributed by atoms with van der Waals surface area (Å²) in [6.07, 6.45) is 2.54. The van der Waals surface area contributed by atoms with Gasteiger partial charge in [-0.15, -0.1) is 0 Å². The van der Waals surface area contributed by atoms with Gasteiger partial charge in [0.15, 0.2) is 5.76 Å². The van der Waals surface area contributed by atoms with Crippen LogP contribution in [0.1, 0.15) is 24.4 Å². The summed E-state index contributed by atoms with van der Waals surface area (Å²) in [7, 11) is -3.44. The first-order valence-electron chi connectivity index (χ1n) is 7.77. The minimum atomic E-state index is -3.44. The average molecular weight is 357 g/mol. The summed E-state index contributed by atoms with van der Waals surface area (Å²) < 4.78 is 29.8. The number of hydrogen-bond acceptors (Lipinski definition) is 5. The Balaban J connectivity index is 1.92. The van der Waals surface area contributed by atoms with Gasteiger partial charge in [-0.1, -0.05) is 0 Å². The number of sulfonamides is 1. The van der Waals surface area contributed by atoms with Gasteiger partial charge < -0.3 is 14.2 Å². The molecule has 2 amide bonds. The minimum Gasteiger partial charge on any atom is -0.459 e. The highest BCUT2D eigenvalue weighted by molar-refractivity contribution is 7.88. The molecule has 0 saturated carbocycles. The molecule has 24 heavy (non-hydrogen) atoms. The molecule has 134 valence electrons. The van der Waals surface area contributed by atoms with Crippen molar-refractivity contribution < 1.29 is 22.4 Å². The van der Waals surface area contributed by atoms with Gasteiger partial charge in [0.05, 0.1) is 19.1 Å². The highest BCUT2D eigenvalue weighted by Crippen LogP contribution is 2.11. The lowest BCUT2D eigenvalue weighted by molar-refractivity contribution is -0.133.